The number of alkyl halides is 1. The summed E-state index contributed by atoms with van der Waals surface area (Å²) in [6, 6.07) is 8.04. The van der Waals surface area contributed by atoms with Crippen LogP contribution in [0.25, 0.3) is 0 Å². The van der Waals surface area contributed by atoms with Crippen LogP contribution in [0.1, 0.15) is 18.9 Å². The maximum Gasteiger partial charge on any atom is 0.224 e. The predicted octanol–water partition coefficient (Wildman–Crippen LogP) is 3.28. The number of benzene rings is 1. The van der Waals surface area contributed by atoms with Crippen molar-refractivity contribution in [1.29, 1.82) is 0 Å². The van der Waals surface area contributed by atoms with Crippen molar-refractivity contribution in [3.63, 3.8) is 0 Å². The second-order valence-electron chi connectivity index (χ2n) is 3.63. The monoisotopic (exact) mass is 347 g/mol. The van der Waals surface area contributed by atoms with Crippen LogP contribution in [-0.4, -0.2) is 17.3 Å². The molecule has 0 heterocycles. The summed E-state index contributed by atoms with van der Waals surface area (Å²) in [5.74, 6) is 0.0774. The molecule has 88 valence electrons. The highest BCUT2D eigenvalue weighted by Gasteiger charge is 2.09. The van der Waals surface area contributed by atoms with Gasteiger partial charge in [-0.1, -0.05) is 50.9 Å². The van der Waals surface area contributed by atoms with Crippen LogP contribution in [0.4, 0.5) is 0 Å². The van der Waals surface area contributed by atoms with Gasteiger partial charge in [0.15, 0.2) is 0 Å². The zero-order valence-corrected chi connectivity index (χ0v) is 12.3. The second-order valence-corrected chi connectivity index (χ2v) is 5.19. The number of hydrogen-bond acceptors (Lipinski definition) is 1. The standard InChI is InChI=1S/C12H15Br2NO/c1-2-11(8-13)15-12(16)7-9-3-5-10(14)6-4-9/h3-6,11H,2,7-8H2,1H3,(H,15,16). The van der Waals surface area contributed by atoms with Crippen molar-refractivity contribution < 1.29 is 4.79 Å². The average Bonchev–Trinajstić information content (AvgIpc) is 2.29. The first-order valence-corrected chi connectivity index (χ1v) is 7.17. The molecule has 4 heteroatoms. The van der Waals surface area contributed by atoms with E-state index in [1.165, 1.54) is 0 Å². The van der Waals surface area contributed by atoms with E-state index in [9.17, 15) is 4.79 Å². The van der Waals surface area contributed by atoms with Gasteiger partial charge in [-0.05, 0) is 24.1 Å². The van der Waals surface area contributed by atoms with Crippen molar-refractivity contribution in [2.75, 3.05) is 5.33 Å². The van der Waals surface area contributed by atoms with Crippen LogP contribution in [0.15, 0.2) is 28.7 Å². The zero-order chi connectivity index (χ0) is 12.0. The molecule has 0 bridgehead atoms. The summed E-state index contributed by atoms with van der Waals surface area (Å²) in [5.41, 5.74) is 1.03. The fourth-order valence-electron chi connectivity index (χ4n) is 1.32. The third-order valence-corrected chi connectivity index (χ3v) is 3.63. The van der Waals surface area contributed by atoms with Crippen molar-refractivity contribution in [3.8, 4) is 0 Å². The number of amides is 1. The van der Waals surface area contributed by atoms with Crippen molar-refractivity contribution in [1.82, 2.24) is 5.32 Å². The normalized spacial score (nSPS) is 12.2. The summed E-state index contributed by atoms with van der Waals surface area (Å²) < 4.78 is 1.03. The highest BCUT2D eigenvalue weighted by Crippen LogP contribution is 2.11. The Bertz CT molecular complexity index is 333. The van der Waals surface area contributed by atoms with Gasteiger partial charge in [0.25, 0.3) is 0 Å². The molecule has 1 aromatic rings. The van der Waals surface area contributed by atoms with Gasteiger partial charge in [0, 0.05) is 15.8 Å². The van der Waals surface area contributed by atoms with Gasteiger partial charge in [-0.25, -0.2) is 0 Å². The number of hydrogen-bond donors (Lipinski definition) is 1. The van der Waals surface area contributed by atoms with E-state index in [1.807, 2.05) is 24.3 Å². The number of carbonyl (C=O) groups is 1. The van der Waals surface area contributed by atoms with Crippen LogP contribution >= 0.6 is 31.9 Å². The zero-order valence-electron chi connectivity index (χ0n) is 9.17. The van der Waals surface area contributed by atoms with Gasteiger partial charge in [0.1, 0.15) is 0 Å². The summed E-state index contributed by atoms with van der Waals surface area (Å²) >= 11 is 6.75. The lowest BCUT2D eigenvalue weighted by Gasteiger charge is -2.13. The molecule has 1 unspecified atom stereocenters. The van der Waals surface area contributed by atoms with Gasteiger partial charge in [-0.2, -0.15) is 0 Å². The Kier molecular flexibility index (Phi) is 6.06. The molecule has 0 saturated carbocycles. The molecule has 1 rings (SSSR count). The third-order valence-electron chi connectivity index (χ3n) is 2.32. The molecule has 1 N–H and O–H groups in total. The van der Waals surface area contributed by atoms with Crippen LogP contribution < -0.4 is 5.32 Å². The van der Waals surface area contributed by atoms with E-state index in [4.69, 9.17) is 0 Å². The van der Waals surface area contributed by atoms with E-state index in [-0.39, 0.29) is 11.9 Å². The maximum absolute atomic E-state index is 11.7. The summed E-state index contributed by atoms with van der Waals surface area (Å²) in [4.78, 5) is 11.7. The van der Waals surface area contributed by atoms with E-state index in [1.54, 1.807) is 0 Å². The van der Waals surface area contributed by atoms with Gasteiger partial charge >= 0.3 is 0 Å². The fourth-order valence-corrected chi connectivity index (χ4v) is 2.20. The largest absolute Gasteiger partial charge is 0.352 e. The molecule has 0 aliphatic heterocycles. The molecule has 0 saturated heterocycles. The molecule has 0 aliphatic carbocycles. The van der Waals surface area contributed by atoms with E-state index >= 15 is 0 Å². The van der Waals surface area contributed by atoms with Gasteiger partial charge < -0.3 is 5.32 Å². The Morgan fingerprint density at radius 1 is 1.38 bits per heavy atom. The summed E-state index contributed by atoms with van der Waals surface area (Å²) in [5, 5.41) is 3.78. The molecule has 0 radical (unpaired) electrons. The fraction of sp³-hybridized carbons (Fsp3) is 0.417. The summed E-state index contributed by atoms with van der Waals surface area (Å²) in [6.07, 6.45) is 1.38. The lowest BCUT2D eigenvalue weighted by Crippen LogP contribution is -2.36. The Morgan fingerprint density at radius 3 is 2.50 bits per heavy atom. The van der Waals surface area contributed by atoms with E-state index < -0.39 is 0 Å². The van der Waals surface area contributed by atoms with Crippen molar-refractivity contribution in [2.24, 2.45) is 0 Å². The molecule has 1 atom stereocenters. The van der Waals surface area contributed by atoms with E-state index in [2.05, 4.69) is 44.1 Å². The van der Waals surface area contributed by atoms with E-state index in [0.717, 1.165) is 21.8 Å². The van der Waals surface area contributed by atoms with Crippen LogP contribution in [0, 0.1) is 0 Å². The lowest BCUT2D eigenvalue weighted by molar-refractivity contribution is -0.121. The van der Waals surface area contributed by atoms with Crippen molar-refractivity contribution >= 4 is 37.8 Å². The highest BCUT2D eigenvalue weighted by atomic mass is 79.9. The first-order chi connectivity index (χ1) is 7.65. The van der Waals surface area contributed by atoms with Crippen LogP contribution in [0.3, 0.4) is 0 Å². The number of rotatable bonds is 5. The minimum absolute atomic E-state index is 0.0774. The minimum Gasteiger partial charge on any atom is -0.352 e. The average molecular weight is 349 g/mol. The molecule has 0 aromatic heterocycles. The SMILES string of the molecule is CCC(CBr)NC(=O)Cc1ccc(Br)cc1. The Balaban J connectivity index is 2.48. The molecule has 0 spiro atoms. The molecule has 0 fully saturated rings. The Hall–Kier alpha value is -0.350. The number of carbonyl (C=O) groups excluding carboxylic acids is 1. The third kappa shape index (κ3) is 4.66. The topological polar surface area (TPSA) is 29.1 Å². The van der Waals surface area contributed by atoms with Gasteiger partial charge in [0.2, 0.25) is 5.91 Å². The maximum atomic E-state index is 11.7. The van der Waals surface area contributed by atoms with Crippen LogP contribution in [0.2, 0.25) is 0 Å². The summed E-state index contributed by atoms with van der Waals surface area (Å²) in [6.45, 7) is 2.06. The molecule has 1 amide bonds. The number of nitrogens with one attached hydrogen (secondary N) is 1. The molecule has 16 heavy (non-hydrogen) atoms. The molecule has 1 aromatic carbocycles. The quantitative estimate of drug-likeness (QED) is 0.813. The summed E-state index contributed by atoms with van der Waals surface area (Å²) in [7, 11) is 0. The van der Waals surface area contributed by atoms with Crippen LogP contribution in [-0.2, 0) is 11.2 Å². The first-order valence-electron chi connectivity index (χ1n) is 5.25. The van der Waals surface area contributed by atoms with Gasteiger partial charge in [-0.3, -0.25) is 4.79 Å². The smallest absolute Gasteiger partial charge is 0.224 e. The Morgan fingerprint density at radius 2 is 2.00 bits per heavy atom. The van der Waals surface area contributed by atoms with Gasteiger partial charge in [-0.15, -0.1) is 0 Å². The molecular weight excluding hydrogens is 334 g/mol. The predicted molar refractivity (Wildman–Crippen MR) is 73.9 cm³/mol. The van der Waals surface area contributed by atoms with Crippen molar-refractivity contribution in [2.45, 2.75) is 25.8 Å². The molecule has 0 aliphatic rings. The van der Waals surface area contributed by atoms with Crippen molar-refractivity contribution in [3.05, 3.63) is 34.3 Å². The second kappa shape index (κ2) is 7.07. The number of halogens is 2. The minimum atomic E-state index is 0.0774. The molecular formula is C12H15Br2NO. The van der Waals surface area contributed by atoms with E-state index in [0.29, 0.717) is 6.42 Å². The Labute approximate surface area is 113 Å². The van der Waals surface area contributed by atoms with Crippen LogP contribution in [0.5, 0.6) is 0 Å². The lowest BCUT2D eigenvalue weighted by atomic mass is 10.1. The molecule has 2 nitrogen and oxygen atoms in total. The van der Waals surface area contributed by atoms with Gasteiger partial charge in [0.05, 0.1) is 6.42 Å². The highest BCUT2D eigenvalue weighted by molar-refractivity contribution is 9.10. The first kappa shape index (κ1) is 13.7.